The van der Waals surface area contributed by atoms with Crippen molar-refractivity contribution in [1.82, 2.24) is 29.9 Å². The molecule has 166 valence electrons. The van der Waals surface area contributed by atoms with Crippen LogP contribution in [-0.2, 0) is 13.0 Å². The molecule has 0 bridgehead atoms. The molecule has 1 fully saturated rings. The number of unbranched alkanes of at least 4 members (excludes halogenated alkanes) is 1. The molecule has 3 rings (SSSR count). The molecule has 2 aromatic rings. The first kappa shape index (κ1) is 24.2. The van der Waals surface area contributed by atoms with E-state index in [9.17, 15) is 4.79 Å². The Morgan fingerprint density at radius 1 is 1.23 bits per heavy atom. The second kappa shape index (κ2) is 12.6. The molecule has 0 aromatic carbocycles. The molecule has 1 amide bonds. The van der Waals surface area contributed by atoms with E-state index in [1.54, 1.807) is 18.5 Å². The fourth-order valence-electron chi connectivity index (χ4n) is 3.32. The molecular formula is C20H32IN7O2. The van der Waals surface area contributed by atoms with Crippen LogP contribution in [0.4, 0.5) is 0 Å². The number of aromatic nitrogens is 3. The zero-order chi connectivity index (χ0) is 20.5. The summed E-state index contributed by atoms with van der Waals surface area (Å²) in [5.74, 6) is 2.25. The molecule has 1 N–H and O–H groups in total. The van der Waals surface area contributed by atoms with Gasteiger partial charge in [0, 0.05) is 52.2 Å². The first-order valence-electron chi connectivity index (χ1n) is 10.5. The van der Waals surface area contributed by atoms with Gasteiger partial charge in [-0.3, -0.25) is 9.79 Å². The molecule has 1 saturated heterocycles. The molecule has 3 heterocycles. The van der Waals surface area contributed by atoms with Gasteiger partial charge < -0.3 is 24.1 Å². The van der Waals surface area contributed by atoms with E-state index in [2.05, 4.69) is 38.8 Å². The Kier molecular flexibility index (Phi) is 10.1. The van der Waals surface area contributed by atoms with Gasteiger partial charge in [-0.15, -0.1) is 34.2 Å². The van der Waals surface area contributed by atoms with E-state index < -0.39 is 0 Å². The Morgan fingerprint density at radius 2 is 2.00 bits per heavy atom. The van der Waals surface area contributed by atoms with Gasteiger partial charge in [-0.25, -0.2) is 0 Å². The predicted molar refractivity (Wildman–Crippen MR) is 126 cm³/mol. The van der Waals surface area contributed by atoms with Crippen LogP contribution in [0.3, 0.4) is 0 Å². The molecule has 0 atom stereocenters. The molecule has 0 spiro atoms. The van der Waals surface area contributed by atoms with Crippen molar-refractivity contribution in [3.63, 3.8) is 0 Å². The van der Waals surface area contributed by atoms with Gasteiger partial charge in [0.2, 0.25) is 0 Å². The van der Waals surface area contributed by atoms with Crippen LogP contribution in [0.15, 0.2) is 34.1 Å². The molecule has 10 heteroatoms. The van der Waals surface area contributed by atoms with Crippen molar-refractivity contribution in [3.05, 3.63) is 36.3 Å². The number of halogens is 1. The standard InChI is InChI=1S/C20H31N7O2.HI/c1-3-5-8-21-20(22-9-10-27-16-23-24-18(27)4-2)26-13-11-25(12-14-26)19(28)17-7-6-15-29-17;/h6-7,15-16H,3-5,8-14H2,1-2H3,(H,21,22);1H. The maximum Gasteiger partial charge on any atom is 0.289 e. The maximum absolute atomic E-state index is 12.5. The van der Waals surface area contributed by atoms with Gasteiger partial charge in [0.25, 0.3) is 5.91 Å². The predicted octanol–water partition coefficient (Wildman–Crippen LogP) is 2.26. The van der Waals surface area contributed by atoms with Crippen molar-refractivity contribution in [1.29, 1.82) is 0 Å². The number of aliphatic imine (C=N–C) groups is 1. The number of hydrogen-bond donors (Lipinski definition) is 1. The maximum atomic E-state index is 12.5. The third kappa shape index (κ3) is 6.44. The number of furan rings is 1. The number of nitrogens with zero attached hydrogens (tertiary/aromatic N) is 6. The summed E-state index contributed by atoms with van der Waals surface area (Å²) < 4.78 is 7.31. The summed E-state index contributed by atoms with van der Waals surface area (Å²) in [5, 5.41) is 11.6. The number of aryl methyl sites for hydroxylation is 1. The second-order valence-corrected chi connectivity index (χ2v) is 7.04. The van der Waals surface area contributed by atoms with E-state index in [4.69, 9.17) is 9.41 Å². The number of carbonyl (C=O) groups is 1. The molecular weight excluding hydrogens is 497 g/mol. The lowest BCUT2D eigenvalue weighted by Gasteiger charge is -2.36. The van der Waals surface area contributed by atoms with Crippen molar-refractivity contribution >= 4 is 35.8 Å². The summed E-state index contributed by atoms with van der Waals surface area (Å²) in [7, 11) is 0. The fourth-order valence-corrected chi connectivity index (χ4v) is 3.32. The van der Waals surface area contributed by atoms with Crippen molar-refractivity contribution in [2.75, 3.05) is 39.3 Å². The van der Waals surface area contributed by atoms with E-state index in [0.717, 1.165) is 63.8 Å². The average Bonchev–Trinajstić information content (AvgIpc) is 3.44. The van der Waals surface area contributed by atoms with Crippen LogP contribution < -0.4 is 5.32 Å². The Morgan fingerprint density at radius 3 is 2.67 bits per heavy atom. The van der Waals surface area contributed by atoms with Gasteiger partial charge in [0.15, 0.2) is 11.7 Å². The van der Waals surface area contributed by atoms with Crippen molar-refractivity contribution < 1.29 is 9.21 Å². The Balaban J connectivity index is 0.00000320. The molecule has 30 heavy (non-hydrogen) atoms. The topological polar surface area (TPSA) is 91.8 Å². The highest BCUT2D eigenvalue weighted by Gasteiger charge is 2.25. The number of guanidine groups is 1. The van der Waals surface area contributed by atoms with Gasteiger partial charge in [-0.1, -0.05) is 20.3 Å². The molecule has 0 aliphatic carbocycles. The molecule has 2 aromatic heterocycles. The first-order valence-corrected chi connectivity index (χ1v) is 10.5. The molecule has 0 radical (unpaired) electrons. The lowest BCUT2D eigenvalue weighted by Crippen LogP contribution is -2.54. The van der Waals surface area contributed by atoms with Crippen molar-refractivity contribution in [2.24, 2.45) is 4.99 Å². The van der Waals surface area contributed by atoms with E-state index in [-0.39, 0.29) is 29.9 Å². The summed E-state index contributed by atoms with van der Waals surface area (Å²) in [5.41, 5.74) is 0. The van der Waals surface area contributed by atoms with Crippen LogP contribution in [0.1, 0.15) is 43.1 Å². The molecule has 0 unspecified atom stereocenters. The molecule has 9 nitrogen and oxygen atoms in total. The Bertz CT molecular complexity index is 783. The monoisotopic (exact) mass is 529 g/mol. The highest BCUT2D eigenvalue weighted by atomic mass is 127. The van der Waals surface area contributed by atoms with Gasteiger partial charge in [0.1, 0.15) is 12.2 Å². The lowest BCUT2D eigenvalue weighted by atomic mass is 10.3. The zero-order valence-electron chi connectivity index (χ0n) is 17.8. The van der Waals surface area contributed by atoms with E-state index in [0.29, 0.717) is 18.8 Å². The van der Waals surface area contributed by atoms with E-state index in [1.165, 1.54) is 6.26 Å². The summed E-state index contributed by atoms with van der Waals surface area (Å²) >= 11 is 0. The minimum absolute atomic E-state index is 0. The summed E-state index contributed by atoms with van der Waals surface area (Å²) in [4.78, 5) is 21.3. The number of carbonyl (C=O) groups excluding carboxylic acids is 1. The Hall–Kier alpha value is -2.11. The normalized spacial score (nSPS) is 14.5. The summed E-state index contributed by atoms with van der Waals surface area (Å²) in [6.45, 7) is 9.39. The summed E-state index contributed by atoms with van der Waals surface area (Å²) in [6.07, 6.45) is 6.35. The number of amides is 1. The Labute approximate surface area is 194 Å². The van der Waals surface area contributed by atoms with Crippen molar-refractivity contribution in [2.45, 2.75) is 39.7 Å². The number of piperazine rings is 1. The number of rotatable bonds is 8. The quantitative estimate of drug-likeness (QED) is 0.244. The van der Waals surface area contributed by atoms with Crippen LogP contribution in [0.5, 0.6) is 0 Å². The van der Waals surface area contributed by atoms with Gasteiger partial charge in [-0.2, -0.15) is 0 Å². The van der Waals surface area contributed by atoms with E-state index in [1.807, 2.05) is 4.90 Å². The minimum atomic E-state index is -0.0493. The SMILES string of the molecule is CCCCN=C(NCCn1cnnc1CC)N1CCN(C(=O)c2ccco2)CC1.I. The highest BCUT2D eigenvalue weighted by molar-refractivity contribution is 14.0. The number of nitrogens with one attached hydrogen (secondary N) is 1. The van der Waals surface area contributed by atoms with Crippen molar-refractivity contribution in [3.8, 4) is 0 Å². The largest absolute Gasteiger partial charge is 0.459 e. The zero-order valence-corrected chi connectivity index (χ0v) is 20.1. The third-order valence-corrected chi connectivity index (χ3v) is 5.02. The minimum Gasteiger partial charge on any atom is -0.459 e. The van der Waals surface area contributed by atoms with Crippen LogP contribution >= 0.6 is 24.0 Å². The molecule has 0 saturated carbocycles. The average molecular weight is 529 g/mol. The smallest absolute Gasteiger partial charge is 0.289 e. The number of hydrogen-bond acceptors (Lipinski definition) is 5. The van der Waals surface area contributed by atoms with Crippen LogP contribution in [0.2, 0.25) is 0 Å². The van der Waals surface area contributed by atoms with Gasteiger partial charge >= 0.3 is 0 Å². The molecule has 1 aliphatic rings. The highest BCUT2D eigenvalue weighted by Crippen LogP contribution is 2.10. The third-order valence-electron chi connectivity index (χ3n) is 5.02. The second-order valence-electron chi connectivity index (χ2n) is 7.04. The molecule has 1 aliphatic heterocycles. The van der Waals surface area contributed by atoms with Gasteiger partial charge in [-0.05, 0) is 18.6 Å². The van der Waals surface area contributed by atoms with E-state index >= 15 is 0 Å². The van der Waals surface area contributed by atoms with Crippen LogP contribution in [0.25, 0.3) is 0 Å². The fraction of sp³-hybridized carbons (Fsp3) is 0.600. The lowest BCUT2D eigenvalue weighted by molar-refractivity contribution is 0.0657. The van der Waals surface area contributed by atoms with Gasteiger partial charge in [0.05, 0.1) is 6.26 Å². The summed E-state index contributed by atoms with van der Waals surface area (Å²) in [6, 6.07) is 3.45. The van der Waals surface area contributed by atoms with Crippen LogP contribution in [-0.4, -0.2) is 75.7 Å². The van der Waals surface area contributed by atoms with Crippen LogP contribution in [0, 0.1) is 0 Å². The first-order chi connectivity index (χ1) is 14.2.